The van der Waals surface area contributed by atoms with Gasteiger partial charge in [-0.1, -0.05) is 41.9 Å². The maximum atomic E-state index is 11.7. The molecule has 3 rings (SSSR count). The first-order valence-corrected chi connectivity index (χ1v) is 6.01. The summed E-state index contributed by atoms with van der Waals surface area (Å²) in [5.41, 5.74) is 0.891. The van der Waals surface area contributed by atoms with Crippen molar-refractivity contribution >= 4 is 22.5 Å². The van der Waals surface area contributed by atoms with Crippen molar-refractivity contribution in [2.24, 2.45) is 0 Å². The molecule has 0 aliphatic heterocycles. The molecule has 1 aromatic heterocycles. The van der Waals surface area contributed by atoms with Gasteiger partial charge >= 0.3 is 5.69 Å². The highest BCUT2D eigenvalue weighted by Gasteiger charge is 2.12. The summed E-state index contributed by atoms with van der Waals surface area (Å²) in [6, 6.07) is 14.1. The van der Waals surface area contributed by atoms with Gasteiger partial charge in [-0.3, -0.25) is 0 Å². The molecule has 1 heterocycles. The number of hydrogen-bond acceptors (Lipinski definition) is 3. The van der Waals surface area contributed by atoms with Crippen LogP contribution >= 0.6 is 11.6 Å². The van der Waals surface area contributed by atoms with E-state index in [0.29, 0.717) is 26.3 Å². The van der Waals surface area contributed by atoms with Gasteiger partial charge in [0.2, 0.25) is 0 Å². The largest absolute Gasteiger partial charge is 0.424 e. The Morgan fingerprint density at radius 3 is 2.58 bits per heavy atom. The van der Waals surface area contributed by atoms with Crippen molar-refractivity contribution in [2.75, 3.05) is 0 Å². The molecule has 0 fully saturated rings. The van der Waals surface area contributed by atoms with Gasteiger partial charge in [-0.05, 0) is 18.2 Å². The molecule has 3 aromatic rings. The van der Waals surface area contributed by atoms with Crippen LogP contribution in [0.2, 0.25) is 5.02 Å². The maximum Gasteiger partial charge on any atom is 0.381 e. The van der Waals surface area contributed by atoms with E-state index in [1.54, 1.807) is 18.2 Å². The number of aromatic nitrogens is 2. The van der Waals surface area contributed by atoms with Crippen molar-refractivity contribution in [1.29, 1.82) is 0 Å². The van der Waals surface area contributed by atoms with Gasteiger partial charge in [0, 0.05) is 16.0 Å². The SMILES string of the molecule is O=c1nc2ccc(Cl)cc2c(-c2ccccc2)n1O. The molecule has 19 heavy (non-hydrogen) atoms. The third-order valence-corrected chi connectivity index (χ3v) is 3.11. The first-order chi connectivity index (χ1) is 9.16. The molecule has 0 saturated heterocycles. The van der Waals surface area contributed by atoms with Crippen LogP contribution in [0, 0.1) is 0 Å². The molecule has 0 saturated carbocycles. The Morgan fingerprint density at radius 2 is 1.84 bits per heavy atom. The lowest BCUT2D eigenvalue weighted by Gasteiger charge is -2.09. The van der Waals surface area contributed by atoms with Gasteiger partial charge in [-0.15, -0.1) is 4.73 Å². The number of halogens is 1. The molecule has 94 valence electrons. The van der Waals surface area contributed by atoms with Crippen molar-refractivity contribution in [3.8, 4) is 11.3 Å². The van der Waals surface area contributed by atoms with Crippen LogP contribution in [0.4, 0.5) is 0 Å². The number of fused-ring (bicyclic) bond motifs is 1. The molecular formula is C14H9ClN2O2. The molecule has 0 unspecified atom stereocenters. The zero-order valence-corrected chi connectivity index (χ0v) is 10.5. The summed E-state index contributed by atoms with van der Waals surface area (Å²) in [6.07, 6.45) is 0. The van der Waals surface area contributed by atoms with E-state index in [4.69, 9.17) is 11.6 Å². The van der Waals surface area contributed by atoms with Crippen molar-refractivity contribution < 1.29 is 5.21 Å². The Kier molecular flexibility index (Phi) is 2.72. The van der Waals surface area contributed by atoms with Gasteiger partial charge < -0.3 is 5.21 Å². The summed E-state index contributed by atoms with van der Waals surface area (Å²) in [5, 5.41) is 11.1. The number of hydrogen-bond donors (Lipinski definition) is 1. The zero-order valence-electron chi connectivity index (χ0n) is 9.75. The quantitative estimate of drug-likeness (QED) is 0.693. The molecule has 0 atom stereocenters. The first-order valence-electron chi connectivity index (χ1n) is 5.64. The van der Waals surface area contributed by atoms with E-state index in [9.17, 15) is 10.0 Å². The molecule has 0 radical (unpaired) electrons. The summed E-state index contributed by atoms with van der Waals surface area (Å²) < 4.78 is 0.550. The Balaban J connectivity index is 2.48. The van der Waals surface area contributed by atoms with Crippen molar-refractivity contribution in [1.82, 2.24) is 9.71 Å². The summed E-state index contributed by atoms with van der Waals surface area (Å²) in [5.74, 6) is 0. The average molecular weight is 273 g/mol. The first kappa shape index (κ1) is 11.7. The van der Waals surface area contributed by atoms with Gasteiger partial charge in [-0.2, -0.15) is 4.98 Å². The molecule has 5 heteroatoms. The van der Waals surface area contributed by atoms with E-state index >= 15 is 0 Å². The highest BCUT2D eigenvalue weighted by Crippen LogP contribution is 2.27. The highest BCUT2D eigenvalue weighted by atomic mass is 35.5. The lowest BCUT2D eigenvalue weighted by molar-refractivity contribution is 0.176. The van der Waals surface area contributed by atoms with Gasteiger partial charge in [0.25, 0.3) is 0 Å². The molecule has 0 aliphatic carbocycles. The van der Waals surface area contributed by atoms with E-state index in [-0.39, 0.29) is 0 Å². The summed E-state index contributed by atoms with van der Waals surface area (Å²) in [6.45, 7) is 0. The maximum absolute atomic E-state index is 11.7. The zero-order chi connectivity index (χ0) is 13.4. The highest BCUT2D eigenvalue weighted by molar-refractivity contribution is 6.31. The van der Waals surface area contributed by atoms with E-state index in [1.165, 1.54) is 0 Å². The minimum atomic E-state index is -0.714. The van der Waals surface area contributed by atoms with Crippen LogP contribution in [-0.2, 0) is 0 Å². The minimum absolute atomic E-state index is 0.387. The van der Waals surface area contributed by atoms with Crippen LogP contribution in [0.25, 0.3) is 22.2 Å². The fourth-order valence-corrected chi connectivity index (χ4v) is 2.20. The van der Waals surface area contributed by atoms with Gasteiger partial charge in [0.15, 0.2) is 0 Å². The van der Waals surface area contributed by atoms with Crippen LogP contribution < -0.4 is 5.69 Å². The lowest BCUT2D eigenvalue weighted by Crippen LogP contribution is -2.22. The smallest absolute Gasteiger partial charge is 0.381 e. The fraction of sp³-hybridized carbons (Fsp3) is 0. The van der Waals surface area contributed by atoms with Crippen LogP contribution in [0.15, 0.2) is 53.3 Å². The van der Waals surface area contributed by atoms with E-state index < -0.39 is 5.69 Å². The molecule has 0 amide bonds. The summed E-state index contributed by atoms with van der Waals surface area (Å²) in [4.78, 5) is 15.5. The van der Waals surface area contributed by atoms with Crippen LogP contribution in [0.1, 0.15) is 0 Å². The summed E-state index contributed by atoms with van der Waals surface area (Å²) >= 11 is 5.97. The van der Waals surface area contributed by atoms with Gasteiger partial charge in [0.1, 0.15) is 5.69 Å². The Labute approximate surface area is 113 Å². The topological polar surface area (TPSA) is 55.1 Å². The van der Waals surface area contributed by atoms with Gasteiger partial charge in [-0.25, -0.2) is 4.79 Å². The third-order valence-electron chi connectivity index (χ3n) is 2.87. The van der Waals surface area contributed by atoms with Gasteiger partial charge in [0.05, 0.1) is 5.52 Å². The molecule has 0 spiro atoms. The Bertz CT molecular complexity index is 813. The second kappa shape index (κ2) is 4.40. The Morgan fingerprint density at radius 1 is 1.11 bits per heavy atom. The van der Waals surface area contributed by atoms with E-state index in [2.05, 4.69) is 4.98 Å². The fourth-order valence-electron chi connectivity index (χ4n) is 2.03. The molecule has 0 aliphatic rings. The van der Waals surface area contributed by atoms with E-state index in [1.807, 2.05) is 30.3 Å². The second-order valence-corrected chi connectivity index (χ2v) is 4.52. The summed E-state index contributed by atoms with van der Waals surface area (Å²) in [7, 11) is 0. The number of benzene rings is 2. The normalized spacial score (nSPS) is 10.8. The van der Waals surface area contributed by atoms with Crippen molar-refractivity contribution in [3.63, 3.8) is 0 Å². The number of rotatable bonds is 1. The molecule has 2 aromatic carbocycles. The number of nitrogens with zero attached hydrogens (tertiary/aromatic N) is 2. The minimum Gasteiger partial charge on any atom is -0.424 e. The van der Waals surface area contributed by atoms with Crippen molar-refractivity contribution in [3.05, 3.63) is 64.0 Å². The molecular weight excluding hydrogens is 264 g/mol. The Hall–Kier alpha value is -2.33. The monoisotopic (exact) mass is 272 g/mol. The van der Waals surface area contributed by atoms with Crippen LogP contribution in [-0.4, -0.2) is 14.9 Å². The molecule has 0 bridgehead atoms. The third kappa shape index (κ3) is 1.96. The standard InChI is InChI=1S/C14H9ClN2O2/c15-10-6-7-12-11(8-10)13(17(19)14(18)16-12)9-4-2-1-3-5-9/h1-8,19H. The van der Waals surface area contributed by atoms with Crippen LogP contribution in [0.3, 0.4) is 0 Å². The predicted octanol–water partition coefficient (Wildman–Crippen LogP) is 2.95. The molecule has 1 N–H and O–H groups in total. The predicted molar refractivity (Wildman–Crippen MR) is 73.6 cm³/mol. The van der Waals surface area contributed by atoms with E-state index in [0.717, 1.165) is 5.56 Å². The average Bonchev–Trinajstić information content (AvgIpc) is 2.42. The molecule has 4 nitrogen and oxygen atoms in total. The second-order valence-electron chi connectivity index (χ2n) is 4.08. The van der Waals surface area contributed by atoms with Crippen molar-refractivity contribution in [2.45, 2.75) is 0 Å². The van der Waals surface area contributed by atoms with Crippen LogP contribution in [0.5, 0.6) is 0 Å². The lowest BCUT2D eigenvalue weighted by atomic mass is 10.1.